The first-order chi connectivity index (χ1) is 14.8. The summed E-state index contributed by atoms with van der Waals surface area (Å²) in [5, 5.41) is 3.88. The van der Waals surface area contributed by atoms with Crippen molar-refractivity contribution in [3.63, 3.8) is 0 Å². The topological polar surface area (TPSA) is 99.7 Å². The van der Waals surface area contributed by atoms with Crippen LogP contribution in [0, 0.1) is 13.8 Å². The van der Waals surface area contributed by atoms with Gasteiger partial charge in [0.05, 0.1) is 13.1 Å². The van der Waals surface area contributed by atoms with E-state index in [9.17, 15) is 9.59 Å². The van der Waals surface area contributed by atoms with Gasteiger partial charge in [-0.1, -0.05) is 11.2 Å². The van der Waals surface area contributed by atoms with E-state index in [4.69, 9.17) is 14.0 Å². The molecule has 0 unspecified atom stereocenters. The van der Waals surface area contributed by atoms with Crippen molar-refractivity contribution in [2.24, 2.45) is 0 Å². The predicted octanol–water partition coefficient (Wildman–Crippen LogP) is 2.68. The van der Waals surface area contributed by atoms with Crippen molar-refractivity contribution in [1.29, 1.82) is 0 Å². The third kappa shape index (κ3) is 4.16. The van der Waals surface area contributed by atoms with Crippen LogP contribution in [-0.4, -0.2) is 38.3 Å². The Labute approximate surface area is 179 Å². The molecule has 1 aromatic carbocycles. The largest absolute Gasteiger partial charge is 0.454 e. The van der Waals surface area contributed by atoms with E-state index in [0.717, 1.165) is 5.56 Å². The molecule has 0 fully saturated rings. The van der Waals surface area contributed by atoms with Crippen LogP contribution in [0.25, 0.3) is 0 Å². The van der Waals surface area contributed by atoms with Gasteiger partial charge in [0.15, 0.2) is 17.3 Å². The molecule has 9 heteroatoms. The van der Waals surface area contributed by atoms with Gasteiger partial charge in [-0.2, -0.15) is 4.98 Å². The van der Waals surface area contributed by atoms with Crippen LogP contribution >= 0.6 is 0 Å². The van der Waals surface area contributed by atoms with Crippen LogP contribution < -0.4 is 15.0 Å². The molecule has 9 nitrogen and oxygen atoms in total. The summed E-state index contributed by atoms with van der Waals surface area (Å²) >= 11 is 0. The number of pyridine rings is 1. The Morgan fingerprint density at radius 2 is 1.97 bits per heavy atom. The smallest absolute Gasteiger partial charge is 0.263 e. The van der Waals surface area contributed by atoms with E-state index in [1.54, 1.807) is 31.0 Å². The van der Waals surface area contributed by atoms with E-state index < -0.39 is 0 Å². The minimum atomic E-state index is -0.361. The first kappa shape index (κ1) is 20.6. The number of rotatable bonds is 6. The van der Waals surface area contributed by atoms with Gasteiger partial charge in [0.2, 0.25) is 12.7 Å². The van der Waals surface area contributed by atoms with E-state index in [0.29, 0.717) is 35.3 Å². The number of hydrogen-bond donors (Lipinski definition) is 0. The molecule has 0 bridgehead atoms. The third-order valence-corrected chi connectivity index (χ3v) is 5.14. The van der Waals surface area contributed by atoms with Crippen molar-refractivity contribution in [3.05, 3.63) is 69.2 Å². The molecule has 2 aromatic heterocycles. The molecular formula is C22H24N4O5. The molecule has 0 aliphatic carbocycles. The van der Waals surface area contributed by atoms with E-state index in [2.05, 4.69) is 10.1 Å². The number of nitrogens with zero attached hydrogens (tertiary/aromatic N) is 4. The Kier molecular flexibility index (Phi) is 5.50. The maximum absolute atomic E-state index is 13.4. The molecule has 1 aliphatic rings. The summed E-state index contributed by atoms with van der Waals surface area (Å²) in [6.07, 6.45) is 1.70. The van der Waals surface area contributed by atoms with Gasteiger partial charge in [-0.25, -0.2) is 0 Å². The second-order valence-electron chi connectivity index (χ2n) is 7.75. The van der Waals surface area contributed by atoms with Crippen LogP contribution in [0.1, 0.15) is 47.0 Å². The molecule has 0 saturated carbocycles. The summed E-state index contributed by atoms with van der Waals surface area (Å²) in [6.45, 7) is 7.87. The van der Waals surface area contributed by atoms with Gasteiger partial charge < -0.3 is 23.5 Å². The minimum Gasteiger partial charge on any atom is -0.454 e. The molecule has 0 spiro atoms. The lowest BCUT2D eigenvalue weighted by Crippen LogP contribution is -2.41. The van der Waals surface area contributed by atoms with E-state index in [1.807, 2.05) is 32.0 Å². The summed E-state index contributed by atoms with van der Waals surface area (Å²) in [7, 11) is 0. The molecule has 0 N–H and O–H groups in total. The Balaban J connectivity index is 1.64. The van der Waals surface area contributed by atoms with E-state index in [-0.39, 0.29) is 36.4 Å². The zero-order chi connectivity index (χ0) is 22.1. The summed E-state index contributed by atoms with van der Waals surface area (Å²) in [5.41, 5.74) is 1.28. The maximum Gasteiger partial charge on any atom is 0.263 e. The second-order valence-corrected chi connectivity index (χ2v) is 7.75. The Morgan fingerprint density at radius 3 is 2.68 bits per heavy atom. The number of aromatic nitrogens is 3. The number of ether oxygens (including phenoxy) is 2. The molecule has 162 valence electrons. The highest BCUT2D eigenvalue weighted by Crippen LogP contribution is 2.32. The number of benzene rings is 1. The number of carbonyl (C=O) groups excluding carboxylic acids is 1. The molecule has 31 heavy (non-hydrogen) atoms. The summed E-state index contributed by atoms with van der Waals surface area (Å²) in [5.74, 6) is 1.79. The van der Waals surface area contributed by atoms with Gasteiger partial charge in [0, 0.05) is 19.2 Å². The van der Waals surface area contributed by atoms with Gasteiger partial charge in [-0.15, -0.1) is 0 Å². The maximum atomic E-state index is 13.4. The molecule has 1 amide bonds. The van der Waals surface area contributed by atoms with Gasteiger partial charge >= 0.3 is 0 Å². The van der Waals surface area contributed by atoms with Crippen molar-refractivity contribution in [3.8, 4) is 11.5 Å². The van der Waals surface area contributed by atoms with Gasteiger partial charge in [-0.3, -0.25) is 9.59 Å². The predicted molar refractivity (Wildman–Crippen MR) is 111 cm³/mol. The average Bonchev–Trinajstić information content (AvgIpc) is 3.36. The van der Waals surface area contributed by atoms with Crippen molar-refractivity contribution in [1.82, 2.24) is 19.6 Å². The highest BCUT2D eigenvalue weighted by molar-refractivity contribution is 5.95. The Morgan fingerprint density at radius 1 is 1.19 bits per heavy atom. The van der Waals surface area contributed by atoms with Crippen molar-refractivity contribution < 1.29 is 18.8 Å². The lowest BCUT2D eigenvalue weighted by molar-refractivity contribution is 0.0680. The van der Waals surface area contributed by atoms with Crippen molar-refractivity contribution >= 4 is 5.91 Å². The molecule has 1 aliphatic heterocycles. The summed E-state index contributed by atoms with van der Waals surface area (Å²) in [4.78, 5) is 32.4. The zero-order valence-electron chi connectivity index (χ0n) is 17.9. The third-order valence-electron chi connectivity index (χ3n) is 5.14. The molecule has 0 saturated heterocycles. The molecule has 4 rings (SSSR count). The fraction of sp³-hybridized carbons (Fsp3) is 0.364. The number of aryl methyl sites for hydroxylation is 2. The van der Waals surface area contributed by atoms with Crippen molar-refractivity contribution in [2.75, 3.05) is 6.79 Å². The molecule has 0 radical (unpaired) electrons. The van der Waals surface area contributed by atoms with Crippen LogP contribution in [0.2, 0.25) is 0 Å². The number of fused-ring (bicyclic) bond motifs is 1. The fourth-order valence-electron chi connectivity index (χ4n) is 3.48. The molecule has 3 aromatic rings. The number of carbonyl (C=O) groups is 1. The summed E-state index contributed by atoms with van der Waals surface area (Å²) < 4.78 is 17.3. The monoisotopic (exact) mass is 424 g/mol. The van der Waals surface area contributed by atoms with Gasteiger partial charge in [0.25, 0.3) is 11.5 Å². The quantitative estimate of drug-likeness (QED) is 0.600. The molecule has 0 atom stereocenters. The Hall–Kier alpha value is -3.62. The first-order valence-electron chi connectivity index (χ1n) is 10.0. The summed E-state index contributed by atoms with van der Waals surface area (Å²) in [6, 6.07) is 7.15. The van der Waals surface area contributed by atoms with Crippen LogP contribution in [-0.2, 0) is 13.1 Å². The number of amides is 1. The lowest BCUT2D eigenvalue weighted by Gasteiger charge is -2.26. The molecule has 3 heterocycles. The zero-order valence-corrected chi connectivity index (χ0v) is 17.9. The van der Waals surface area contributed by atoms with Crippen LogP contribution in [0.4, 0.5) is 0 Å². The van der Waals surface area contributed by atoms with Crippen LogP contribution in [0.5, 0.6) is 11.5 Å². The van der Waals surface area contributed by atoms with Crippen LogP contribution in [0.3, 0.4) is 0 Å². The SMILES string of the molecule is Cc1nc(CN(C(=O)c2c(C)ccn(Cc3ccc4c(c3)OCO4)c2=O)C(C)C)no1. The fourth-order valence-corrected chi connectivity index (χ4v) is 3.48. The van der Waals surface area contributed by atoms with E-state index >= 15 is 0 Å². The highest BCUT2D eigenvalue weighted by Gasteiger charge is 2.26. The second kappa shape index (κ2) is 8.25. The standard InChI is InChI=1S/C22H24N4O5/c1-13(2)26(11-19-23-15(4)31-24-19)22(28)20-14(3)7-8-25(21(20)27)10-16-5-6-17-18(9-16)30-12-29-17/h5-9,13H,10-12H2,1-4H3. The normalized spacial score (nSPS) is 12.4. The van der Waals surface area contributed by atoms with E-state index in [1.165, 1.54) is 4.57 Å². The van der Waals surface area contributed by atoms with Crippen LogP contribution in [0.15, 0.2) is 39.8 Å². The number of hydrogen-bond acceptors (Lipinski definition) is 7. The average molecular weight is 424 g/mol. The van der Waals surface area contributed by atoms with Gasteiger partial charge in [0.1, 0.15) is 5.56 Å². The first-order valence-corrected chi connectivity index (χ1v) is 10.0. The lowest BCUT2D eigenvalue weighted by atomic mass is 10.1. The van der Waals surface area contributed by atoms with Gasteiger partial charge in [-0.05, 0) is 50.1 Å². The highest BCUT2D eigenvalue weighted by atomic mass is 16.7. The molecular weight excluding hydrogens is 400 g/mol. The van der Waals surface area contributed by atoms with Crippen molar-refractivity contribution in [2.45, 2.75) is 46.8 Å². The minimum absolute atomic E-state index is 0.136. The Bertz CT molecular complexity index is 1180.